The summed E-state index contributed by atoms with van der Waals surface area (Å²) in [5.41, 5.74) is 10.8. The fourth-order valence-electron chi connectivity index (χ4n) is 5.32. The van der Waals surface area contributed by atoms with Crippen molar-refractivity contribution < 1.29 is 56.7 Å². The topological polar surface area (TPSA) is 330 Å². The summed E-state index contributed by atoms with van der Waals surface area (Å²) in [5, 5.41) is 22.2. The van der Waals surface area contributed by atoms with E-state index in [1.165, 1.54) is 10.9 Å². The molecule has 9 N–H and O–H groups in total. The van der Waals surface area contributed by atoms with Gasteiger partial charge in [0.05, 0.1) is 25.9 Å². The zero-order valence-corrected chi connectivity index (χ0v) is 30.2. The number of anilines is 2. The molecule has 0 saturated carbocycles. The van der Waals surface area contributed by atoms with Crippen LogP contribution in [0, 0.1) is 0 Å². The molecule has 3 aliphatic rings. The molecule has 3 saturated heterocycles. The number of aromatic amines is 1. The van der Waals surface area contributed by atoms with Crippen molar-refractivity contribution in [1.29, 1.82) is 0 Å². The molecule has 23 nitrogen and oxygen atoms in total. The monoisotopic (exact) mass is 720 g/mol. The van der Waals surface area contributed by atoms with E-state index in [1.807, 2.05) is 0 Å². The summed E-state index contributed by atoms with van der Waals surface area (Å²) < 4.78 is 60.9. The van der Waals surface area contributed by atoms with Gasteiger partial charge in [0.2, 0.25) is 5.95 Å². The summed E-state index contributed by atoms with van der Waals surface area (Å²) in [6.07, 6.45) is -9.11. The second-order valence-corrected chi connectivity index (χ2v) is 13.0. The van der Waals surface area contributed by atoms with E-state index < -0.39 is 83.5 Å². The molecule has 7 heterocycles. The molecule has 3 aliphatic heterocycles. The largest absolute Gasteiger partial charge is 0.472 e. The van der Waals surface area contributed by atoms with Gasteiger partial charge in [-0.05, 0) is 0 Å². The molecule has 47 heavy (non-hydrogen) atoms. The maximum absolute atomic E-state index is 13.1. The molecular formula is C20H24N10Na2O13P2. The Morgan fingerprint density at radius 1 is 0.809 bits per heavy atom. The van der Waals surface area contributed by atoms with Crippen LogP contribution in [0.2, 0.25) is 0 Å². The summed E-state index contributed by atoms with van der Waals surface area (Å²) in [5.74, 6) is -0.230. The molecule has 27 heteroatoms. The van der Waals surface area contributed by atoms with Crippen molar-refractivity contribution in [1.82, 2.24) is 39.0 Å². The normalized spacial score (nSPS) is 36.1. The predicted octanol–water partition coefficient (Wildman–Crippen LogP) is -3.10. The van der Waals surface area contributed by atoms with Crippen LogP contribution in [0.3, 0.4) is 0 Å². The molecular weight excluding hydrogens is 696 g/mol. The quantitative estimate of drug-likeness (QED) is 0.0796. The van der Waals surface area contributed by atoms with Crippen LogP contribution in [0.5, 0.6) is 0 Å². The number of nitrogen functional groups attached to an aromatic ring is 2. The van der Waals surface area contributed by atoms with E-state index in [1.54, 1.807) is 0 Å². The van der Waals surface area contributed by atoms with Gasteiger partial charge in [0.25, 0.3) is 5.56 Å². The number of aliphatic hydroxyl groups excluding tert-OH is 2. The minimum Gasteiger partial charge on any atom is -0.386 e. The third kappa shape index (κ3) is 6.85. The average Bonchev–Trinajstić information content (AvgIpc) is 3.72. The number of nitrogens with two attached hydrogens (primary N) is 2. The number of H-pyrrole nitrogens is 1. The number of fused-ring (bicyclic) bond motifs is 4. The Hall–Kier alpha value is -1.44. The first-order valence-corrected chi connectivity index (χ1v) is 15.9. The Balaban J connectivity index is 0.00000217. The van der Waals surface area contributed by atoms with Gasteiger partial charge in [-0.25, -0.2) is 29.1 Å². The SMILES string of the molecule is Nc1nc2c(ncn2[C@@H]2O[C@@H]3COP(=O)(O)O[C@H]4[C@@H](O)[C@H](n5cnc6c(N)ncnc65)O[C@@H]4COP(=O)(O)O[C@H]3[C@H]2O)c(=O)[nH]1.[Na].[Na]. The van der Waals surface area contributed by atoms with E-state index >= 15 is 0 Å². The molecule has 0 bridgehead atoms. The van der Waals surface area contributed by atoms with E-state index in [0.717, 1.165) is 17.2 Å². The molecule has 10 atom stereocenters. The Labute approximate surface area is 305 Å². The smallest absolute Gasteiger partial charge is 0.386 e. The Bertz CT molecular complexity index is 1950. The number of hydrogen-bond donors (Lipinski definition) is 7. The van der Waals surface area contributed by atoms with Crippen molar-refractivity contribution in [3.05, 3.63) is 29.3 Å². The molecule has 4 aromatic heterocycles. The fraction of sp³-hybridized carbons (Fsp3) is 0.500. The van der Waals surface area contributed by atoms with Crippen LogP contribution in [-0.2, 0) is 36.7 Å². The Morgan fingerprint density at radius 3 is 1.87 bits per heavy atom. The van der Waals surface area contributed by atoms with Gasteiger partial charge < -0.3 is 40.9 Å². The minimum atomic E-state index is -5.06. The maximum Gasteiger partial charge on any atom is 0.472 e. The predicted molar refractivity (Wildman–Crippen MR) is 155 cm³/mol. The Morgan fingerprint density at radius 2 is 1.32 bits per heavy atom. The molecule has 0 amide bonds. The molecule has 2 unspecified atom stereocenters. The molecule has 2 radical (unpaired) electrons. The number of phosphoric acid groups is 2. The molecule has 7 rings (SSSR count). The van der Waals surface area contributed by atoms with Crippen molar-refractivity contribution in [2.45, 2.75) is 49.1 Å². The van der Waals surface area contributed by atoms with Crippen molar-refractivity contribution in [2.75, 3.05) is 24.7 Å². The van der Waals surface area contributed by atoms with E-state index in [9.17, 15) is 33.9 Å². The first-order valence-electron chi connectivity index (χ1n) is 13.0. The number of hydrogen-bond acceptors (Lipinski definition) is 18. The van der Waals surface area contributed by atoms with Crippen LogP contribution in [0.25, 0.3) is 22.3 Å². The number of imidazole rings is 2. The Kier molecular flexibility index (Phi) is 10.7. The van der Waals surface area contributed by atoms with Gasteiger partial charge in [-0.15, -0.1) is 0 Å². The number of ether oxygens (including phenoxy) is 2. The van der Waals surface area contributed by atoms with Gasteiger partial charge in [0.15, 0.2) is 35.1 Å². The molecule has 0 aromatic carbocycles. The van der Waals surface area contributed by atoms with Crippen molar-refractivity contribution in [3.63, 3.8) is 0 Å². The van der Waals surface area contributed by atoms with Crippen LogP contribution < -0.4 is 17.0 Å². The van der Waals surface area contributed by atoms with Gasteiger partial charge in [0.1, 0.15) is 48.5 Å². The fourth-order valence-corrected chi connectivity index (χ4v) is 7.25. The average molecular weight is 720 g/mol. The van der Waals surface area contributed by atoms with Gasteiger partial charge in [-0.1, -0.05) is 0 Å². The van der Waals surface area contributed by atoms with Gasteiger partial charge in [0, 0.05) is 59.1 Å². The zero-order valence-electron chi connectivity index (χ0n) is 24.4. The zero-order chi connectivity index (χ0) is 31.8. The van der Waals surface area contributed by atoms with E-state index in [-0.39, 0.29) is 93.2 Å². The number of nitrogens with one attached hydrogen (secondary N) is 1. The van der Waals surface area contributed by atoms with Gasteiger partial charge in [-0.3, -0.25) is 37.0 Å². The van der Waals surface area contributed by atoms with E-state index in [0.29, 0.717) is 0 Å². The van der Waals surface area contributed by atoms with E-state index in [2.05, 4.69) is 29.9 Å². The molecule has 4 aromatic rings. The third-order valence-electron chi connectivity index (χ3n) is 7.32. The standard InChI is InChI=1S/C20H24N10O13P2.2Na/c21-14-8-15(24-3-23-14)29(4-25-8)18-10(31)12-6(40-18)1-38-45(36,37)43-13-7(2-39-44(34,35)42-12)41-19(11(13)32)30-5-26-9-16(30)27-20(22)28-17(9)33;;/h3-7,10-13,18-19,31-32H,1-2H2,(H,34,35)(H,36,37)(H2,21,23,24)(H3,22,27,28,33);;/t6-,7-,10-,11-,12-,13-,18-,19-;;/m1../s1. The van der Waals surface area contributed by atoms with Crippen molar-refractivity contribution in [3.8, 4) is 0 Å². The third-order valence-corrected chi connectivity index (χ3v) is 9.29. The second kappa shape index (κ2) is 13.7. The molecule has 244 valence electrons. The van der Waals surface area contributed by atoms with Crippen LogP contribution in [0.1, 0.15) is 12.5 Å². The number of phosphoric ester groups is 2. The molecule has 0 spiro atoms. The first-order chi connectivity index (χ1) is 21.3. The maximum atomic E-state index is 13.1. The van der Waals surface area contributed by atoms with Crippen molar-refractivity contribution >= 4 is 109 Å². The molecule has 3 fully saturated rings. The van der Waals surface area contributed by atoms with Crippen LogP contribution >= 0.6 is 15.6 Å². The summed E-state index contributed by atoms with van der Waals surface area (Å²) in [6.45, 7) is -1.65. The number of nitrogens with zero attached hydrogens (tertiary/aromatic N) is 7. The van der Waals surface area contributed by atoms with Crippen LogP contribution in [0.4, 0.5) is 11.8 Å². The van der Waals surface area contributed by atoms with Crippen molar-refractivity contribution in [2.24, 2.45) is 0 Å². The summed E-state index contributed by atoms with van der Waals surface area (Å²) in [7, 11) is -10.1. The summed E-state index contributed by atoms with van der Waals surface area (Å²) in [6, 6.07) is 0. The van der Waals surface area contributed by atoms with Crippen LogP contribution in [-0.4, -0.2) is 168 Å². The minimum absolute atomic E-state index is 0. The summed E-state index contributed by atoms with van der Waals surface area (Å²) >= 11 is 0. The summed E-state index contributed by atoms with van der Waals surface area (Å²) in [4.78, 5) is 55.6. The number of aromatic nitrogens is 8. The number of rotatable bonds is 2. The van der Waals surface area contributed by atoms with Gasteiger partial charge in [-0.2, -0.15) is 4.98 Å². The number of aliphatic hydroxyl groups is 2. The first kappa shape index (κ1) is 36.8. The van der Waals surface area contributed by atoms with Crippen LogP contribution in [0.15, 0.2) is 23.8 Å². The molecule has 0 aliphatic carbocycles. The second-order valence-electron chi connectivity index (χ2n) is 10.1. The van der Waals surface area contributed by atoms with Gasteiger partial charge >= 0.3 is 15.6 Å². The van der Waals surface area contributed by atoms with E-state index in [4.69, 9.17) is 39.0 Å².